The van der Waals surface area contributed by atoms with Crippen LogP contribution in [-0.2, 0) is 0 Å². The molecule has 0 atom stereocenters. The van der Waals surface area contributed by atoms with Crippen molar-refractivity contribution in [3.63, 3.8) is 0 Å². The molecule has 1 N–H and O–H groups in total. The number of nitriles is 1. The maximum absolute atomic E-state index is 13.2. The highest BCUT2D eigenvalue weighted by atomic mass is 19.1. The molecular weight excluding hydrogens is 241 g/mol. The molecule has 0 unspecified atom stereocenters. The van der Waals surface area contributed by atoms with E-state index in [1.807, 2.05) is 6.07 Å². The number of hydrogen-bond acceptors (Lipinski definition) is 3. The Kier molecular flexibility index (Phi) is 4.75. The Labute approximate surface area is 114 Å². The van der Waals surface area contributed by atoms with Crippen molar-refractivity contribution in [3.8, 4) is 6.07 Å². The molecule has 1 aromatic rings. The monoisotopic (exact) mass is 261 g/mol. The zero-order chi connectivity index (χ0) is 13.7. The van der Waals surface area contributed by atoms with E-state index in [0.717, 1.165) is 13.1 Å². The number of hydrogen-bond donors (Lipinski definition) is 1. The molecule has 3 nitrogen and oxygen atoms in total. The first kappa shape index (κ1) is 13.8. The fraction of sp³-hybridized carbons (Fsp3) is 0.533. The summed E-state index contributed by atoms with van der Waals surface area (Å²) in [7, 11) is 2.14. The van der Waals surface area contributed by atoms with E-state index < -0.39 is 0 Å². The van der Waals surface area contributed by atoms with E-state index in [1.54, 1.807) is 6.07 Å². The predicted octanol–water partition coefficient (Wildman–Crippen LogP) is 2.98. The molecule has 1 aromatic carbocycles. The molecule has 0 amide bonds. The Morgan fingerprint density at radius 2 is 2.11 bits per heavy atom. The van der Waals surface area contributed by atoms with Gasteiger partial charge in [0.15, 0.2) is 0 Å². The molecule has 0 aromatic heterocycles. The third kappa shape index (κ3) is 3.93. The van der Waals surface area contributed by atoms with Crippen LogP contribution in [0, 0.1) is 17.1 Å². The summed E-state index contributed by atoms with van der Waals surface area (Å²) < 4.78 is 13.2. The third-order valence-electron chi connectivity index (χ3n) is 3.77. The van der Waals surface area contributed by atoms with Crippen LogP contribution in [0.2, 0.25) is 0 Å². The van der Waals surface area contributed by atoms with Crippen LogP contribution >= 0.6 is 0 Å². The number of rotatable bonds is 5. The van der Waals surface area contributed by atoms with Crippen molar-refractivity contribution in [2.24, 2.45) is 0 Å². The second-order valence-corrected chi connectivity index (χ2v) is 5.19. The van der Waals surface area contributed by atoms with Crippen molar-refractivity contribution in [1.29, 1.82) is 5.26 Å². The molecule has 0 bridgehead atoms. The number of likely N-dealkylation sites (N-methyl/N-ethyl adjacent to an activating group) is 1. The first-order valence-corrected chi connectivity index (χ1v) is 6.84. The number of nitrogens with zero attached hydrogens (tertiary/aromatic N) is 2. The SMILES string of the molecule is CN(CCNc1cc(F)cc(C#N)c1)C1CCCC1. The minimum absolute atomic E-state index is 0.353. The predicted molar refractivity (Wildman–Crippen MR) is 74.5 cm³/mol. The second-order valence-electron chi connectivity index (χ2n) is 5.19. The molecule has 1 fully saturated rings. The largest absolute Gasteiger partial charge is 0.384 e. The van der Waals surface area contributed by atoms with E-state index in [-0.39, 0.29) is 5.82 Å². The van der Waals surface area contributed by atoms with E-state index in [9.17, 15) is 4.39 Å². The van der Waals surface area contributed by atoms with Gasteiger partial charge in [-0.05, 0) is 38.1 Å². The van der Waals surface area contributed by atoms with E-state index in [4.69, 9.17) is 5.26 Å². The van der Waals surface area contributed by atoms with Gasteiger partial charge in [0, 0.05) is 24.8 Å². The van der Waals surface area contributed by atoms with Crippen LogP contribution in [0.25, 0.3) is 0 Å². The van der Waals surface area contributed by atoms with Gasteiger partial charge in [0.1, 0.15) is 5.82 Å². The number of halogens is 1. The van der Waals surface area contributed by atoms with Gasteiger partial charge in [-0.15, -0.1) is 0 Å². The quantitative estimate of drug-likeness (QED) is 0.885. The first-order chi connectivity index (χ1) is 9.19. The Bertz CT molecular complexity index is 461. The van der Waals surface area contributed by atoms with Crippen LogP contribution in [0.5, 0.6) is 0 Å². The molecule has 0 heterocycles. The standard InChI is InChI=1S/C15H20FN3/c1-19(15-4-2-3-5-15)7-6-18-14-9-12(11-17)8-13(16)10-14/h8-10,15,18H,2-7H2,1H3. The molecule has 0 aliphatic heterocycles. The minimum Gasteiger partial charge on any atom is -0.384 e. The molecule has 0 radical (unpaired) electrons. The van der Waals surface area contributed by atoms with Gasteiger partial charge in [0.2, 0.25) is 0 Å². The summed E-state index contributed by atoms with van der Waals surface area (Å²) in [6, 6.07) is 7.01. The normalized spacial score (nSPS) is 15.7. The Morgan fingerprint density at radius 1 is 1.37 bits per heavy atom. The van der Waals surface area contributed by atoms with E-state index in [2.05, 4.69) is 17.3 Å². The molecule has 1 aliphatic rings. The highest BCUT2D eigenvalue weighted by Gasteiger charge is 2.18. The number of benzene rings is 1. The van der Waals surface area contributed by atoms with Crippen molar-refractivity contribution in [1.82, 2.24) is 4.90 Å². The van der Waals surface area contributed by atoms with Gasteiger partial charge in [-0.1, -0.05) is 12.8 Å². The third-order valence-corrected chi connectivity index (χ3v) is 3.77. The fourth-order valence-corrected chi connectivity index (χ4v) is 2.66. The molecule has 0 saturated heterocycles. The molecule has 1 saturated carbocycles. The lowest BCUT2D eigenvalue weighted by atomic mass is 10.2. The second kappa shape index (κ2) is 6.53. The number of nitrogens with one attached hydrogen (secondary N) is 1. The molecule has 2 rings (SSSR count). The topological polar surface area (TPSA) is 39.1 Å². The van der Waals surface area contributed by atoms with Crippen molar-refractivity contribution >= 4 is 5.69 Å². The van der Waals surface area contributed by atoms with Crippen LogP contribution < -0.4 is 5.32 Å². The highest BCUT2D eigenvalue weighted by molar-refractivity contribution is 5.49. The van der Waals surface area contributed by atoms with Crippen molar-refractivity contribution < 1.29 is 4.39 Å². The van der Waals surface area contributed by atoms with Gasteiger partial charge in [-0.25, -0.2) is 4.39 Å². The lowest BCUT2D eigenvalue weighted by Gasteiger charge is -2.24. The van der Waals surface area contributed by atoms with Gasteiger partial charge >= 0.3 is 0 Å². The van der Waals surface area contributed by atoms with E-state index in [0.29, 0.717) is 17.3 Å². The van der Waals surface area contributed by atoms with Crippen LogP contribution in [0.1, 0.15) is 31.2 Å². The van der Waals surface area contributed by atoms with Gasteiger partial charge in [-0.2, -0.15) is 5.26 Å². The molecule has 4 heteroatoms. The minimum atomic E-state index is -0.370. The van der Waals surface area contributed by atoms with Gasteiger partial charge < -0.3 is 10.2 Å². The van der Waals surface area contributed by atoms with Crippen molar-refractivity contribution in [3.05, 3.63) is 29.6 Å². The maximum atomic E-state index is 13.2. The highest BCUT2D eigenvalue weighted by Crippen LogP contribution is 2.22. The molecular formula is C15H20FN3. The summed E-state index contributed by atoms with van der Waals surface area (Å²) >= 11 is 0. The Hall–Kier alpha value is -1.60. The Balaban J connectivity index is 1.82. The summed E-state index contributed by atoms with van der Waals surface area (Å²) in [5, 5.41) is 12.0. The molecule has 1 aliphatic carbocycles. The average Bonchev–Trinajstić information content (AvgIpc) is 2.92. The molecule has 0 spiro atoms. The van der Waals surface area contributed by atoms with Crippen LogP contribution in [0.4, 0.5) is 10.1 Å². The molecule has 19 heavy (non-hydrogen) atoms. The summed E-state index contributed by atoms with van der Waals surface area (Å²) in [4.78, 5) is 2.37. The van der Waals surface area contributed by atoms with Gasteiger partial charge in [-0.3, -0.25) is 0 Å². The lowest BCUT2D eigenvalue weighted by molar-refractivity contribution is 0.254. The fourth-order valence-electron chi connectivity index (χ4n) is 2.66. The number of anilines is 1. The van der Waals surface area contributed by atoms with Gasteiger partial charge in [0.05, 0.1) is 11.6 Å². The van der Waals surface area contributed by atoms with Crippen molar-refractivity contribution in [2.75, 3.05) is 25.5 Å². The summed E-state index contributed by atoms with van der Waals surface area (Å²) in [5.41, 5.74) is 1.03. The summed E-state index contributed by atoms with van der Waals surface area (Å²) in [6.45, 7) is 1.70. The zero-order valence-electron chi connectivity index (χ0n) is 11.3. The smallest absolute Gasteiger partial charge is 0.126 e. The van der Waals surface area contributed by atoms with Gasteiger partial charge in [0.25, 0.3) is 0 Å². The van der Waals surface area contributed by atoms with E-state index >= 15 is 0 Å². The van der Waals surface area contributed by atoms with Crippen molar-refractivity contribution in [2.45, 2.75) is 31.7 Å². The summed E-state index contributed by atoms with van der Waals surface area (Å²) in [5.74, 6) is -0.370. The zero-order valence-corrected chi connectivity index (χ0v) is 11.3. The molecule has 102 valence electrons. The van der Waals surface area contributed by atoms with E-state index in [1.165, 1.54) is 37.8 Å². The van der Waals surface area contributed by atoms with Crippen LogP contribution in [-0.4, -0.2) is 31.1 Å². The van der Waals surface area contributed by atoms with Crippen LogP contribution in [0.3, 0.4) is 0 Å². The summed E-state index contributed by atoms with van der Waals surface area (Å²) in [6.07, 6.45) is 5.24. The lowest BCUT2D eigenvalue weighted by Crippen LogP contribution is -2.33. The maximum Gasteiger partial charge on any atom is 0.126 e. The average molecular weight is 261 g/mol. The Morgan fingerprint density at radius 3 is 2.79 bits per heavy atom. The first-order valence-electron chi connectivity index (χ1n) is 6.84. The van der Waals surface area contributed by atoms with Crippen LogP contribution in [0.15, 0.2) is 18.2 Å².